The second-order valence-electron chi connectivity index (χ2n) is 5.45. The number of amides is 1. The Morgan fingerprint density at radius 1 is 1.48 bits per heavy atom. The summed E-state index contributed by atoms with van der Waals surface area (Å²) in [5.74, 6) is -1.25. The quantitative estimate of drug-likeness (QED) is 0.804. The van der Waals surface area contributed by atoms with Gasteiger partial charge in [-0.05, 0) is 30.9 Å². The Bertz CT molecular complexity index is 536. The highest BCUT2D eigenvalue weighted by molar-refractivity contribution is 5.91. The van der Waals surface area contributed by atoms with Gasteiger partial charge in [0.15, 0.2) is 0 Å². The summed E-state index contributed by atoms with van der Waals surface area (Å²) >= 11 is 0. The molecule has 1 aliphatic carbocycles. The summed E-state index contributed by atoms with van der Waals surface area (Å²) < 4.78 is 1.67. The van der Waals surface area contributed by atoms with Gasteiger partial charge < -0.3 is 10.4 Å². The van der Waals surface area contributed by atoms with Crippen LogP contribution < -0.4 is 5.32 Å². The van der Waals surface area contributed by atoms with Crippen molar-refractivity contribution in [3.05, 3.63) is 24.0 Å². The van der Waals surface area contributed by atoms with E-state index in [1.807, 2.05) is 6.07 Å². The largest absolute Gasteiger partial charge is 0.481 e. The molecule has 2 unspecified atom stereocenters. The highest BCUT2D eigenvalue weighted by atomic mass is 16.4. The van der Waals surface area contributed by atoms with Gasteiger partial charge in [0.2, 0.25) is 5.91 Å². The van der Waals surface area contributed by atoms with Crippen LogP contribution in [0.4, 0.5) is 0 Å². The molecule has 0 aromatic carbocycles. The second-order valence-corrected chi connectivity index (χ2v) is 5.45. The van der Waals surface area contributed by atoms with Crippen LogP contribution in [0.1, 0.15) is 31.4 Å². The van der Waals surface area contributed by atoms with Crippen molar-refractivity contribution in [3.8, 4) is 0 Å². The molecule has 0 radical (unpaired) electrons. The Morgan fingerprint density at radius 3 is 2.90 bits per heavy atom. The van der Waals surface area contributed by atoms with Crippen molar-refractivity contribution in [1.29, 1.82) is 0 Å². The molecule has 1 aromatic rings. The number of hydrogen-bond acceptors (Lipinski definition) is 3. The summed E-state index contributed by atoms with van der Waals surface area (Å²) in [6.07, 6.45) is 8.38. The van der Waals surface area contributed by atoms with E-state index in [2.05, 4.69) is 10.4 Å². The minimum atomic E-state index is -0.751. The van der Waals surface area contributed by atoms with Crippen molar-refractivity contribution in [2.75, 3.05) is 6.54 Å². The maximum absolute atomic E-state index is 11.8. The van der Waals surface area contributed by atoms with E-state index in [0.717, 1.165) is 25.0 Å². The number of carboxylic acids is 1. The van der Waals surface area contributed by atoms with Crippen molar-refractivity contribution in [2.45, 2.75) is 25.7 Å². The predicted molar refractivity (Wildman–Crippen MR) is 78.3 cm³/mol. The molecule has 6 nitrogen and oxygen atoms in total. The number of nitrogens with one attached hydrogen (secondary N) is 1. The maximum atomic E-state index is 11.8. The van der Waals surface area contributed by atoms with Crippen LogP contribution in [-0.2, 0) is 16.6 Å². The van der Waals surface area contributed by atoms with Crippen molar-refractivity contribution in [1.82, 2.24) is 15.1 Å². The molecule has 2 rings (SSSR count). The summed E-state index contributed by atoms with van der Waals surface area (Å²) in [6.45, 7) is 0.422. The lowest BCUT2D eigenvalue weighted by Crippen LogP contribution is -2.36. The summed E-state index contributed by atoms with van der Waals surface area (Å²) in [7, 11) is 1.80. The van der Waals surface area contributed by atoms with E-state index >= 15 is 0 Å². The minimum Gasteiger partial charge on any atom is -0.481 e. The fourth-order valence-electron chi connectivity index (χ4n) is 2.78. The Hall–Kier alpha value is -2.11. The van der Waals surface area contributed by atoms with E-state index in [0.29, 0.717) is 13.0 Å². The van der Waals surface area contributed by atoms with Gasteiger partial charge in [0.1, 0.15) is 0 Å². The third-order valence-corrected chi connectivity index (χ3v) is 4.03. The van der Waals surface area contributed by atoms with Crippen LogP contribution in [0.2, 0.25) is 0 Å². The number of carbonyl (C=O) groups is 2. The third-order valence-electron chi connectivity index (χ3n) is 4.03. The molecule has 114 valence electrons. The van der Waals surface area contributed by atoms with Gasteiger partial charge in [-0.3, -0.25) is 14.3 Å². The molecule has 1 heterocycles. The van der Waals surface area contributed by atoms with Gasteiger partial charge in [-0.15, -0.1) is 0 Å². The second kappa shape index (κ2) is 7.06. The summed E-state index contributed by atoms with van der Waals surface area (Å²) in [6, 6.07) is 1.81. The molecule has 1 fully saturated rings. The topological polar surface area (TPSA) is 84.2 Å². The van der Waals surface area contributed by atoms with E-state index in [1.54, 1.807) is 24.0 Å². The molecular formula is C15H21N3O3. The molecule has 1 amide bonds. The molecule has 0 spiro atoms. The molecule has 2 N–H and O–H groups in total. The molecule has 21 heavy (non-hydrogen) atoms. The van der Waals surface area contributed by atoms with Crippen LogP contribution in [0.15, 0.2) is 18.3 Å². The normalized spacial score (nSPS) is 22.3. The van der Waals surface area contributed by atoms with Gasteiger partial charge >= 0.3 is 5.97 Å². The lowest BCUT2D eigenvalue weighted by molar-refractivity contribution is -0.145. The smallest absolute Gasteiger partial charge is 0.306 e. The lowest BCUT2D eigenvalue weighted by Gasteiger charge is -2.28. The van der Waals surface area contributed by atoms with Crippen molar-refractivity contribution < 1.29 is 14.7 Å². The SMILES string of the molecule is Cn1nccc1C=CC(=O)NCC1CCCCC1C(=O)O. The number of hydrogen-bond donors (Lipinski definition) is 2. The fraction of sp³-hybridized carbons (Fsp3) is 0.533. The number of aromatic nitrogens is 2. The number of carbonyl (C=O) groups excluding carboxylic acids is 1. The van der Waals surface area contributed by atoms with Gasteiger partial charge in [-0.2, -0.15) is 5.10 Å². The van der Waals surface area contributed by atoms with Crippen molar-refractivity contribution in [2.24, 2.45) is 18.9 Å². The van der Waals surface area contributed by atoms with Crippen molar-refractivity contribution >= 4 is 18.0 Å². The minimum absolute atomic E-state index is 0.0327. The summed E-state index contributed by atoms with van der Waals surface area (Å²) in [4.78, 5) is 23.0. The molecule has 0 saturated heterocycles. The zero-order chi connectivity index (χ0) is 15.2. The first-order chi connectivity index (χ1) is 10.1. The molecule has 0 aliphatic heterocycles. The van der Waals surface area contributed by atoms with Gasteiger partial charge in [0.25, 0.3) is 0 Å². The highest BCUT2D eigenvalue weighted by Gasteiger charge is 2.30. The Labute approximate surface area is 123 Å². The average molecular weight is 291 g/mol. The van der Waals surface area contributed by atoms with Crippen LogP contribution in [0, 0.1) is 11.8 Å². The van der Waals surface area contributed by atoms with Gasteiger partial charge in [-0.1, -0.05) is 12.8 Å². The van der Waals surface area contributed by atoms with E-state index in [1.165, 1.54) is 6.08 Å². The number of rotatable bonds is 5. The number of carboxylic acid groups (broad SMARTS) is 1. The average Bonchev–Trinajstić information content (AvgIpc) is 2.88. The first-order valence-electron chi connectivity index (χ1n) is 7.24. The highest BCUT2D eigenvalue weighted by Crippen LogP contribution is 2.29. The van der Waals surface area contributed by atoms with Crippen LogP contribution in [0.5, 0.6) is 0 Å². The first-order valence-corrected chi connectivity index (χ1v) is 7.24. The van der Waals surface area contributed by atoms with Crippen LogP contribution in [0.25, 0.3) is 6.08 Å². The molecule has 6 heteroatoms. The van der Waals surface area contributed by atoms with Gasteiger partial charge in [0.05, 0.1) is 11.6 Å². The van der Waals surface area contributed by atoms with E-state index in [4.69, 9.17) is 0 Å². The zero-order valence-corrected chi connectivity index (χ0v) is 12.2. The van der Waals surface area contributed by atoms with E-state index in [9.17, 15) is 14.7 Å². The number of nitrogens with zero attached hydrogens (tertiary/aromatic N) is 2. The molecule has 1 aliphatic rings. The third kappa shape index (κ3) is 4.18. The fourth-order valence-corrected chi connectivity index (χ4v) is 2.78. The number of aryl methyl sites for hydroxylation is 1. The number of aliphatic carboxylic acids is 1. The van der Waals surface area contributed by atoms with Crippen LogP contribution in [-0.4, -0.2) is 33.3 Å². The first kappa shape index (κ1) is 15.3. The Morgan fingerprint density at radius 2 is 2.24 bits per heavy atom. The van der Waals surface area contributed by atoms with E-state index < -0.39 is 5.97 Å². The lowest BCUT2D eigenvalue weighted by atomic mass is 9.79. The zero-order valence-electron chi connectivity index (χ0n) is 12.2. The predicted octanol–water partition coefficient (Wildman–Crippen LogP) is 1.44. The van der Waals surface area contributed by atoms with Gasteiger partial charge in [0, 0.05) is 25.9 Å². The van der Waals surface area contributed by atoms with Crippen molar-refractivity contribution in [3.63, 3.8) is 0 Å². The monoisotopic (exact) mass is 291 g/mol. The Kier molecular flexibility index (Phi) is 5.14. The van der Waals surface area contributed by atoms with Crippen LogP contribution in [0.3, 0.4) is 0 Å². The maximum Gasteiger partial charge on any atom is 0.306 e. The molecule has 1 saturated carbocycles. The summed E-state index contributed by atoms with van der Waals surface area (Å²) in [5.41, 5.74) is 0.839. The Balaban J connectivity index is 1.84. The molecule has 1 aromatic heterocycles. The standard InChI is InChI=1S/C15H21N3O3/c1-18-12(8-9-17-18)6-7-14(19)16-10-11-4-2-3-5-13(11)15(20)21/h6-9,11,13H,2-5,10H2,1H3,(H,16,19)(H,20,21). The van der Waals surface area contributed by atoms with Gasteiger partial charge in [-0.25, -0.2) is 0 Å². The molecular weight excluding hydrogens is 270 g/mol. The van der Waals surface area contributed by atoms with E-state index in [-0.39, 0.29) is 17.7 Å². The summed E-state index contributed by atoms with van der Waals surface area (Å²) in [5, 5.41) is 16.0. The molecule has 0 bridgehead atoms. The molecule has 2 atom stereocenters. The van der Waals surface area contributed by atoms with Crippen LogP contribution >= 0.6 is 0 Å².